The highest BCUT2D eigenvalue weighted by atomic mass is 16.5. The first-order chi connectivity index (χ1) is 6.74. The number of carbonyl (C=O) groups is 1. The highest BCUT2D eigenvalue weighted by Gasteiger charge is 2.08. The first-order valence-corrected chi connectivity index (χ1v) is 5.12. The van der Waals surface area contributed by atoms with Crippen LogP contribution >= 0.6 is 0 Å². The van der Waals surface area contributed by atoms with Crippen molar-refractivity contribution >= 4 is 5.97 Å². The molecule has 0 N–H and O–H groups in total. The number of ether oxygens (including phenoxy) is 1. The van der Waals surface area contributed by atoms with Gasteiger partial charge in [0.2, 0.25) is 0 Å². The van der Waals surface area contributed by atoms with Crippen LogP contribution in [0.25, 0.3) is 0 Å². The molecule has 0 aliphatic rings. The largest absolute Gasteiger partial charge is 0.466 e. The molecule has 2 heteroatoms. The van der Waals surface area contributed by atoms with Gasteiger partial charge in [-0.2, -0.15) is 0 Å². The summed E-state index contributed by atoms with van der Waals surface area (Å²) in [5.41, 5.74) is 0. The van der Waals surface area contributed by atoms with Crippen molar-refractivity contribution in [3.63, 3.8) is 0 Å². The van der Waals surface area contributed by atoms with Crippen LogP contribution in [0.3, 0.4) is 0 Å². The molecule has 2 nitrogen and oxygen atoms in total. The Morgan fingerprint density at radius 1 is 1.36 bits per heavy atom. The fourth-order valence-corrected chi connectivity index (χ4v) is 1.36. The smallest absolute Gasteiger partial charge is 0.305 e. The van der Waals surface area contributed by atoms with E-state index >= 15 is 0 Å². The van der Waals surface area contributed by atoms with E-state index in [1.54, 1.807) is 0 Å². The van der Waals surface area contributed by atoms with Gasteiger partial charge in [-0.05, 0) is 32.1 Å². The van der Waals surface area contributed by atoms with Gasteiger partial charge < -0.3 is 4.74 Å². The molecule has 0 saturated carbocycles. The highest BCUT2D eigenvalue weighted by Crippen LogP contribution is 2.16. The number of rotatable bonds is 8. The molecule has 80 valence electrons. The monoisotopic (exact) mass is 196 g/mol. The number of esters is 1. The van der Waals surface area contributed by atoms with Gasteiger partial charge in [-0.1, -0.05) is 12.2 Å². The number of allylic oxidation sites excluding steroid dienone is 2. The lowest BCUT2D eigenvalue weighted by Crippen LogP contribution is -2.07. The molecular formula is C12H20O2. The van der Waals surface area contributed by atoms with Gasteiger partial charge >= 0.3 is 5.97 Å². The molecule has 0 saturated heterocycles. The van der Waals surface area contributed by atoms with Crippen molar-refractivity contribution in [2.24, 2.45) is 5.92 Å². The normalized spacial score (nSPS) is 9.86. The second kappa shape index (κ2) is 8.54. The Labute approximate surface area is 86.6 Å². The molecule has 14 heavy (non-hydrogen) atoms. The summed E-state index contributed by atoms with van der Waals surface area (Å²) in [6, 6.07) is 0. The van der Waals surface area contributed by atoms with Crippen molar-refractivity contribution in [3.8, 4) is 0 Å². The third-order valence-electron chi connectivity index (χ3n) is 2.06. The number of hydrogen-bond donors (Lipinski definition) is 0. The van der Waals surface area contributed by atoms with Gasteiger partial charge in [0.25, 0.3) is 0 Å². The number of carbonyl (C=O) groups excluding carboxylic acids is 1. The zero-order chi connectivity index (χ0) is 10.8. The molecule has 0 heterocycles. The second-order valence-electron chi connectivity index (χ2n) is 3.26. The summed E-state index contributed by atoms with van der Waals surface area (Å²) in [6.45, 7) is 9.68. The van der Waals surface area contributed by atoms with E-state index in [0.29, 0.717) is 18.9 Å². The van der Waals surface area contributed by atoms with E-state index in [2.05, 4.69) is 13.2 Å². The first-order valence-electron chi connectivity index (χ1n) is 5.12. The molecule has 0 bridgehead atoms. The molecule has 0 fully saturated rings. The Hall–Kier alpha value is -1.05. The lowest BCUT2D eigenvalue weighted by atomic mass is 9.96. The van der Waals surface area contributed by atoms with Crippen molar-refractivity contribution in [2.45, 2.75) is 32.6 Å². The molecule has 0 aromatic carbocycles. The molecule has 0 aromatic rings. The van der Waals surface area contributed by atoms with Crippen LogP contribution in [0.15, 0.2) is 25.3 Å². The van der Waals surface area contributed by atoms with Crippen molar-refractivity contribution in [3.05, 3.63) is 25.3 Å². The molecule has 0 unspecified atom stereocenters. The SMILES string of the molecule is C=CCC(CC=C)CCC(=O)OCC. The summed E-state index contributed by atoms with van der Waals surface area (Å²) < 4.78 is 4.86. The standard InChI is InChI=1S/C12H20O2/c1-4-7-11(8-5-2)9-10-12(13)14-6-3/h4-5,11H,1-2,6-10H2,3H3. The van der Waals surface area contributed by atoms with Crippen LogP contribution in [0.4, 0.5) is 0 Å². The molecule has 0 rings (SSSR count). The van der Waals surface area contributed by atoms with Gasteiger partial charge in [-0.3, -0.25) is 4.79 Å². The molecular weight excluding hydrogens is 176 g/mol. The fraction of sp³-hybridized carbons (Fsp3) is 0.583. The molecule has 0 aromatic heterocycles. The Bertz CT molecular complexity index is 175. The summed E-state index contributed by atoms with van der Waals surface area (Å²) in [6.07, 6.45) is 7.01. The van der Waals surface area contributed by atoms with Gasteiger partial charge in [0.15, 0.2) is 0 Å². The third-order valence-corrected chi connectivity index (χ3v) is 2.06. The summed E-state index contributed by atoms with van der Waals surface area (Å²) in [5.74, 6) is 0.375. The Morgan fingerprint density at radius 3 is 2.36 bits per heavy atom. The zero-order valence-corrected chi connectivity index (χ0v) is 9.00. The molecule has 0 aliphatic carbocycles. The lowest BCUT2D eigenvalue weighted by molar-refractivity contribution is -0.143. The average Bonchev–Trinajstić information content (AvgIpc) is 2.15. The third kappa shape index (κ3) is 6.46. The van der Waals surface area contributed by atoms with Crippen molar-refractivity contribution in [1.82, 2.24) is 0 Å². The van der Waals surface area contributed by atoms with Crippen LogP contribution < -0.4 is 0 Å². The van der Waals surface area contributed by atoms with Crippen molar-refractivity contribution in [1.29, 1.82) is 0 Å². The quantitative estimate of drug-likeness (QED) is 0.440. The Kier molecular flexibility index (Phi) is 7.90. The minimum absolute atomic E-state index is 0.106. The van der Waals surface area contributed by atoms with Crippen LogP contribution in [0.2, 0.25) is 0 Å². The lowest BCUT2D eigenvalue weighted by Gasteiger charge is -2.11. The van der Waals surface area contributed by atoms with Crippen LogP contribution in [0.5, 0.6) is 0 Å². The Balaban J connectivity index is 3.73. The predicted octanol–water partition coefficient (Wildman–Crippen LogP) is 3.10. The van der Waals surface area contributed by atoms with E-state index in [4.69, 9.17) is 4.74 Å². The molecule has 0 spiro atoms. The van der Waals surface area contributed by atoms with E-state index in [1.165, 1.54) is 0 Å². The van der Waals surface area contributed by atoms with Crippen molar-refractivity contribution < 1.29 is 9.53 Å². The maximum absolute atomic E-state index is 11.1. The van der Waals surface area contributed by atoms with E-state index in [0.717, 1.165) is 19.3 Å². The van der Waals surface area contributed by atoms with Gasteiger partial charge in [0.05, 0.1) is 6.61 Å². The fourth-order valence-electron chi connectivity index (χ4n) is 1.36. The maximum atomic E-state index is 11.1. The van der Waals surface area contributed by atoms with Crippen LogP contribution in [-0.4, -0.2) is 12.6 Å². The molecule has 0 amide bonds. The van der Waals surface area contributed by atoms with Crippen LogP contribution in [0, 0.1) is 5.92 Å². The van der Waals surface area contributed by atoms with E-state index in [9.17, 15) is 4.79 Å². The topological polar surface area (TPSA) is 26.3 Å². The molecule has 0 aliphatic heterocycles. The van der Waals surface area contributed by atoms with Crippen LogP contribution in [-0.2, 0) is 9.53 Å². The first kappa shape index (κ1) is 12.9. The maximum Gasteiger partial charge on any atom is 0.305 e. The summed E-state index contributed by atoms with van der Waals surface area (Å²) in [4.78, 5) is 11.1. The van der Waals surface area contributed by atoms with Gasteiger partial charge in [0.1, 0.15) is 0 Å². The van der Waals surface area contributed by atoms with Crippen LogP contribution in [0.1, 0.15) is 32.6 Å². The molecule has 0 radical (unpaired) electrons. The van der Waals surface area contributed by atoms with Gasteiger partial charge in [-0.25, -0.2) is 0 Å². The van der Waals surface area contributed by atoms with Crippen molar-refractivity contribution in [2.75, 3.05) is 6.61 Å². The van der Waals surface area contributed by atoms with Gasteiger partial charge in [-0.15, -0.1) is 13.2 Å². The summed E-state index contributed by atoms with van der Waals surface area (Å²) in [5, 5.41) is 0. The second-order valence-corrected chi connectivity index (χ2v) is 3.26. The average molecular weight is 196 g/mol. The van der Waals surface area contributed by atoms with E-state index in [1.807, 2.05) is 19.1 Å². The number of hydrogen-bond acceptors (Lipinski definition) is 2. The summed E-state index contributed by atoms with van der Waals surface area (Å²) in [7, 11) is 0. The predicted molar refractivity (Wildman–Crippen MR) is 59.0 cm³/mol. The zero-order valence-electron chi connectivity index (χ0n) is 9.00. The van der Waals surface area contributed by atoms with Gasteiger partial charge in [0, 0.05) is 6.42 Å². The Morgan fingerprint density at radius 2 is 1.93 bits per heavy atom. The summed E-state index contributed by atoms with van der Waals surface area (Å²) >= 11 is 0. The van der Waals surface area contributed by atoms with E-state index < -0.39 is 0 Å². The minimum Gasteiger partial charge on any atom is -0.466 e. The molecule has 0 atom stereocenters. The minimum atomic E-state index is -0.106. The van der Waals surface area contributed by atoms with E-state index in [-0.39, 0.29) is 5.97 Å². The highest BCUT2D eigenvalue weighted by molar-refractivity contribution is 5.69.